The third-order valence-corrected chi connectivity index (χ3v) is 25.9. The summed E-state index contributed by atoms with van der Waals surface area (Å²) in [5.41, 5.74) is 0. The van der Waals surface area contributed by atoms with Gasteiger partial charge in [-0.05, 0) is 37.5 Å². The summed E-state index contributed by atoms with van der Waals surface area (Å²) < 4.78 is 73.7. The van der Waals surface area contributed by atoms with E-state index in [9.17, 15) is 74.6 Å². The molecule has 0 aromatic rings. The van der Waals surface area contributed by atoms with Gasteiger partial charge in [-0.25, -0.2) is 4.57 Å². The van der Waals surface area contributed by atoms with Crippen LogP contribution >= 0.6 is 7.82 Å². The van der Waals surface area contributed by atoms with Crippen molar-refractivity contribution in [1.82, 2.24) is 0 Å². The number of unbranched alkanes of at least 4 members (excludes halogenated alkanes) is 48. The minimum atomic E-state index is -5.81. The van der Waals surface area contributed by atoms with Crippen LogP contribution in [0.3, 0.4) is 0 Å². The summed E-state index contributed by atoms with van der Waals surface area (Å²) in [5, 5.41) is 103. The Morgan fingerprint density at radius 1 is 0.322 bits per heavy atom. The SMILES string of the molecule is CCCCCCCCCCCCCCCCCC(=O)OCC(COP(=O)(O)OC1C(OC2OC(CO)C(O)C(O)C2O)C(O)C(O)C(OC(=O)CCCCCCCCCCCCCCCCC)C1OC1OC(COC(=O)CCCCCCCCC(C)CCCCCCCC)C(O)C(O)C1O)OC(=O)CCCCCCCCC(C)CCCCCCCC. The van der Waals surface area contributed by atoms with Gasteiger partial charge in [0, 0.05) is 25.7 Å². The number of rotatable bonds is 80. The summed E-state index contributed by atoms with van der Waals surface area (Å²) in [5.74, 6) is -1.59. The van der Waals surface area contributed by atoms with E-state index in [1.807, 2.05) is 0 Å². The Labute approximate surface area is 731 Å². The fourth-order valence-corrected chi connectivity index (χ4v) is 17.8. The van der Waals surface area contributed by atoms with E-state index in [0.29, 0.717) is 43.9 Å². The van der Waals surface area contributed by atoms with E-state index in [2.05, 4.69) is 41.5 Å². The van der Waals surface area contributed by atoms with Gasteiger partial charge in [-0.1, -0.05) is 388 Å². The molecule has 0 bridgehead atoms. The maximum atomic E-state index is 14.9. The van der Waals surface area contributed by atoms with E-state index in [1.165, 1.54) is 212 Å². The van der Waals surface area contributed by atoms with Crippen LogP contribution in [0.25, 0.3) is 0 Å². The van der Waals surface area contributed by atoms with Gasteiger partial charge in [-0.3, -0.25) is 28.2 Å². The van der Waals surface area contributed by atoms with Crippen molar-refractivity contribution in [3.05, 3.63) is 0 Å². The number of phosphoric acid groups is 1. The van der Waals surface area contributed by atoms with Crippen LogP contribution in [0.15, 0.2) is 0 Å². The molecule has 2 aliphatic heterocycles. The highest BCUT2D eigenvalue weighted by atomic mass is 31.2. The molecule has 1 saturated carbocycles. The lowest BCUT2D eigenvalue weighted by Crippen LogP contribution is -2.70. The number of hydrogen-bond acceptors (Lipinski definition) is 24. The average Bonchev–Trinajstić information content (AvgIpc) is 0.752. The molecule has 0 aromatic carbocycles. The van der Waals surface area contributed by atoms with E-state index < -0.39 is 162 Å². The average molecular weight is 1750 g/mol. The van der Waals surface area contributed by atoms with Crippen LogP contribution in [-0.2, 0) is 70.7 Å². The van der Waals surface area contributed by atoms with Gasteiger partial charge in [-0.15, -0.1) is 0 Å². The van der Waals surface area contributed by atoms with Crippen LogP contribution in [0.4, 0.5) is 0 Å². The van der Waals surface area contributed by atoms with Crippen molar-refractivity contribution in [1.29, 1.82) is 0 Å². The smallest absolute Gasteiger partial charge is 0.463 e. The highest BCUT2D eigenvalue weighted by Crippen LogP contribution is 2.49. The van der Waals surface area contributed by atoms with Gasteiger partial charge in [0.1, 0.15) is 92.6 Å². The van der Waals surface area contributed by atoms with E-state index in [-0.39, 0.29) is 25.7 Å². The van der Waals surface area contributed by atoms with Crippen LogP contribution < -0.4 is 0 Å². The van der Waals surface area contributed by atoms with Gasteiger partial charge in [0.2, 0.25) is 0 Å². The van der Waals surface area contributed by atoms with Gasteiger partial charge in [0.05, 0.1) is 13.2 Å². The van der Waals surface area contributed by atoms with Crippen molar-refractivity contribution in [3.8, 4) is 0 Å². The summed E-state index contributed by atoms with van der Waals surface area (Å²) in [7, 11) is -5.81. The molecule has 25 nitrogen and oxygen atoms in total. The minimum absolute atomic E-state index is 0.0170. The first kappa shape index (κ1) is 113. The predicted molar refractivity (Wildman–Crippen MR) is 472 cm³/mol. The molecule has 2 saturated heterocycles. The summed E-state index contributed by atoms with van der Waals surface area (Å²) in [6.45, 7) is 10.3. The number of hydrogen-bond donors (Lipinski definition) is 10. The lowest BCUT2D eigenvalue weighted by atomic mass is 9.84. The molecule has 3 fully saturated rings. The molecular formula is C95H179O25P. The van der Waals surface area contributed by atoms with Crippen LogP contribution in [0, 0.1) is 11.8 Å². The second kappa shape index (κ2) is 72.3. The first-order valence-electron chi connectivity index (χ1n) is 49.6. The first-order chi connectivity index (χ1) is 58.5. The van der Waals surface area contributed by atoms with E-state index in [1.54, 1.807) is 0 Å². The summed E-state index contributed by atoms with van der Waals surface area (Å²) in [6, 6.07) is 0. The molecule has 0 spiro atoms. The van der Waals surface area contributed by atoms with Crippen LogP contribution in [0.1, 0.15) is 440 Å². The number of aliphatic hydroxyl groups is 9. The quantitative estimate of drug-likeness (QED) is 0.0117. The summed E-state index contributed by atoms with van der Waals surface area (Å²) in [6.07, 6.45) is 27.9. The third-order valence-electron chi connectivity index (χ3n) is 24.9. The van der Waals surface area contributed by atoms with E-state index >= 15 is 0 Å². The van der Waals surface area contributed by atoms with Crippen molar-refractivity contribution in [2.45, 2.75) is 544 Å². The number of phosphoric ester groups is 1. The highest BCUT2D eigenvalue weighted by molar-refractivity contribution is 7.47. The molecule has 0 aromatic heterocycles. The Bertz CT molecular complexity index is 2540. The molecule has 10 N–H and O–H groups in total. The van der Waals surface area contributed by atoms with Crippen molar-refractivity contribution >= 4 is 31.7 Å². The molecule has 3 aliphatic rings. The van der Waals surface area contributed by atoms with Gasteiger partial charge in [0.25, 0.3) is 0 Å². The van der Waals surface area contributed by atoms with Crippen molar-refractivity contribution in [3.63, 3.8) is 0 Å². The van der Waals surface area contributed by atoms with Gasteiger partial charge >= 0.3 is 31.7 Å². The first-order valence-corrected chi connectivity index (χ1v) is 51.0. The second-order valence-electron chi connectivity index (χ2n) is 36.2. The topological polar surface area (TPSA) is 380 Å². The standard InChI is InChI=1S/C95H179O25P/c1-7-11-15-19-23-25-27-29-31-33-35-37-39-49-57-65-78(97)111-70-75(114-80(99)67-59-52-44-42-48-56-64-74(6)62-54-46-22-18-14-10-4)71-113-121(109,110)120-93-91(118-94-88(107)84(103)82(101)76(69-96)115-94)87(106)86(105)90(117-81(100)68-60-51-40-38-36-34-32-30-28-26-24-20-16-12-8-2)92(93)119-95-89(108)85(104)83(102)77(116-95)72-112-79(98)66-58-50-43-41-47-55-63-73(5)61-53-45-21-17-13-9-3/h73-77,82-96,101-108H,7-72H2,1-6H3,(H,109,110). The Kier molecular flexibility index (Phi) is 67.3. The van der Waals surface area contributed by atoms with Crippen molar-refractivity contribution < 1.29 is 122 Å². The third kappa shape index (κ3) is 52.7. The number of esters is 4. The van der Waals surface area contributed by atoms with Crippen LogP contribution in [-0.4, -0.2) is 205 Å². The summed E-state index contributed by atoms with van der Waals surface area (Å²) >= 11 is 0. The highest BCUT2D eigenvalue weighted by Gasteiger charge is 2.60. The maximum Gasteiger partial charge on any atom is 0.472 e. The van der Waals surface area contributed by atoms with Gasteiger partial charge in [-0.2, -0.15) is 0 Å². The number of aliphatic hydroxyl groups excluding tert-OH is 9. The molecule has 1 aliphatic carbocycles. The second-order valence-corrected chi connectivity index (χ2v) is 37.6. The van der Waals surface area contributed by atoms with Crippen LogP contribution in [0.2, 0.25) is 0 Å². The number of carbonyl (C=O) groups excluding carboxylic acids is 4. The molecule has 26 heteroatoms. The van der Waals surface area contributed by atoms with E-state index in [4.69, 9.17) is 46.9 Å². The molecule has 714 valence electrons. The molecule has 20 unspecified atom stereocenters. The van der Waals surface area contributed by atoms with Crippen molar-refractivity contribution in [2.24, 2.45) is 11.8 Å². The van der Waals surface area contributed by atoms with Gasteiger partial charge < -0.3 is 88.7 Å². The Balaban J connectivity index is 1.91. The van der Waals surface area contributed by atoms with Gasteiger partial charge in [0.15, 0.2) is 24.8 Å². The maximum absolute atomic E-state index is 14.9. The molecular weight excluding hydrogens is 1570 g/mol. The zero-order valence-corrected chi connectivity index (χ0v) is 77.6. The molecule has 20 atom stereocenters. The fourth-order valence-electron chi connectivity index (χ4n) is 16.9. The molecule has 3 rings (SSSR count). The zero-order valence-electron chi connectivity index (χ0n) is 76.7. The lowest BCUT2D eigenvalue weighted by Gasteiger charge is -2.50. The largest absolute Gasteiger partial charge is 0.472 e. The molecule has 2 heterocycles. The molecule has 0 amide bonds. The Morgan fingerprint density at radius 3 is 0.983 bits per heavy atom. The minimum Gasteiger partial charge on any atom is -0.463 e. The number of carbonyl (C=O) groups is 4. The monoisotopic (exact) mass is 1750 g/mol. The predicted octanol–water partition coefficient (Wildman–Crippen LogP) is 19.0. The Hall–Kier alpha value is -2.53. The molecule has 0 radical (unpaired) electrons. The summed E-state index contributed by atoms with van der Waals surface area (Å²) in [4.78, 5) is 66.7. The Morgan fingerprint density at radius 2 is 0.620 bits per heavy atom. The van der Waals surface area contributed by atoms with Crippen LogP contribution in [0.5, 0.6) is 0 Å². The normalized spacial score (nSPS) is 25.1. The van der Waals surface area contributed by atoms with E-state index in [0.717, 1.165) is 128 Å². The molecule has 121 heavy (non-hydrogen) atoms. The van der Waals surface area contributed by atoms with Crippen molar-refractivity contribution in [2.75, 3.05) is 26.4 Å². The zero-order chi connectivity index (χ0) is 88.5. The number of ether oxygens (including phenoxy) is 8. The lowest BCUT2D eigenvalue weighted by molar-refractivity contribution is -0.360. The fraction of sp³-hybridized carbons (Fsp3) is 0.958.